The van der Waals surface area contributed by atoms with Gasteiger partial charge in [0.05, 0.1) is 5.92 Å². The van der Waals surface area contributed by atoms with Crippen LogP contribution in [0.1, 0.15) is 43.7 Å². The van der Waals surface area contributed by atoms with E-state index in [1.165, 1.54) is 28.1 Å². The quantitative estimate of drug-likeness (QED) is 0.927. The highest BCUT2D eigenvalue weighted by Gasteiger charge is 2.39. The van der Waals surface area contributed by atoms with Crippen LogP contribution >= 0.6 is 0 Å². The highest BCUT2D eigenvalue weighted by atomic mass is 16.2. The van der Waals surface area contributed by atoms with Crippen molar-refractivity contribution in [3.8, 4) is 0 Å². The standard InChI is InChI=1S/C20H27N3O/c1-4-23(5-2)20(24)14-9-16-15-7-6-8-17-19(15)13(11-21-17)10-18(16)22(3)12-14/h6-8,13-14,21H,4-5,9-12H2,1-3H3. The third kappa shape index (κ3) is 2.23. The van der Waals surface area contributed by atoms with Crippen LogP contribution < -0.4 is 5.32 Å². The maximum absolute atomic E-state index is 12.9. The summed E-state index contributed by atoms with van der Waals surface area (Å²) in [5.41, 5.74) is 7.03. The van der Waals surface area contributed by atoms with E-state index in [1.54, 1.807) is 0 Å². The summed E-state index contributed by atoms with van der Waals surface area (Å²) in [6.07, 6.45) is 1.99. The fraction of sp³-hybridized carbons (Fsp3) is 0.550. The summed E-state index contributed by atoms with van der Waals surface area (Å²) < 4.78 is 0. The molecule has 1 amide bonds. The van der Waals surface area contributed by atoms with Crippen molar-refractivity contribution >= 4 is 17.2 Å². The summed E-state index contributed by atoms with van der Waals surface area (Å²) in [5, 5.41) is 3.56. The Morgan fingerprint density at radius 1 is 1.29 bits per heavy atom. The molecule has 1 aliphatic carbocycles. The molecule has 0 fully saturated rings. The lowest BCUT2D eigenvalue weighted by Crippen LogP contribution is -2.43. The van der Waals surface area contributed by atoms with Gasteiger partial charge in [0.1, 0.15) is 0 Å². The van der Waals surface area contributed by atoms with Crippen molar-refractivity contribution in [1.82, 2.24) is 9.80 Å². The molecule has 2 atom stereocenters. The van der Waals surface area contributed by atoms with Crippen LogP contribution in [-0.2, 0) is 4.79 Å². The lowest BCUT2D eigenvalue weighted by Gasteiger charge is -2.40. The average molecular weight is 325 g/mol. The van der Waals surface area contributed by atoms with Gasteiger partial charge in [-0.15, -0.1) is 0 Å². The van der Waals surface area contributed by atoms with Gasteiger partial charge in [0.25, 0.3) is 0 Å². The van der Waals surface area contributed by atoms with Crippen LogP contribution in [0.15, 0.2) is 23.9 Å². The molecule has 3 aliphatic rings. The van der Waals surface area contributed by atoms with Crippen LogP contribution in [0.5, 0.6) is 0 Å². The average Bonchev–Trinajstić information content (AvgIpc) is 3.01. The number of hydrogen-bond acceptors (Lipinski definition) is 3. The van der Waals surface area contributed by atoms with Crippen molar-refractivity contribution in [3.05, 3.63) is 35.0 Å². The minimum Gasteiger partial charge on any atom is -0.384 e. The number of anilines is 1. The first-order valence-corrected chi connectivity index (χ1v) is 9.23. The SMILES string of the molecule is CCN(CC)C(=O)C1CC2=C(CC3CNc4cccc2c43)N(C)C1. The maximum atomic E-state index is 12.9. The van der Waals surface area contributed by atoms with Crippen LogP contribution in [0, 0.1) is 5.92 Å². The molecule has 0 aromatic heterocycles. The molecule has 2 unspecified atom stereocenters. The third-order valence-corrected chi connectivity index (χ3v) is 6.00. The zero-order chi connectivity index (χ0) is 16.8. The molecule has 0 saturated heterocycles. The molecule has 0 spiro atoms. The number of rotatable bonds is 3. The number of amides is 1. The molecule has 1 N–H and O–H groups in total. The molecule has 2 aliphatic heterocycles. The van der Waals surface area contributed by atoms with Gasteiger partial charge in [-0.25, -0.2) is 0 Å². The summed E-state index contributed by atoms with van der Waals surface area (Å²) in [6, 6.07) is 6.59. The fourth-order valence-electron chi connectivity index (χ4n) is 4.77. The fourth-order valence-corrected chi connectivity index (χ4v) is 4.77. The third-order valence-electron chi connectivity index (χ3n) is 6.00. The second-order valence-corrected chi connectivity index (χ2v) is 7.27. The van der Waals surface area contributed by atoms with Gasteiger partial charge in [0.2, 0.25) is 5.91 Å². The largest absolute Gasteiger partial charge is 0.384 e. The molecule has 4 rings (SSSR count). The van der Waals surface area contributed by atoms with Gasteiger partial charge in [-0.3, -0.25) is 4.79 Å². The van der Waals surface area contributed by atoms with E-state index in [1.807, 2.05) is 4.90 Å². The Morgan fingerprint density at radius 2 is 2.08 bits per heavy atom. The summed E-state index contributed by atoms with van der Waals surface area (Å²) >= 11 is 0. The van der Waals surface area contributed by atoms with Gasteiger partial charge in [0, 0.05) is 50.5 Å². The van der Waals surface area contributed by atoms with E-state index in [4.69, 9.17) is 0 Å². The maximum Gasteiger partial charge on any atom is 0.227 e. The van der Waals surface area contributed by atoms with Crippen LogP contribution in [0.25, 0.3) is 5.57 Å². The van der Waals surface area contributed by atoms with Crippen molar-refractivity contribution in [1.29, 1.82) is 0 Å². The van der Waals surface area contributed by atoms with Crippen molar-refractivity contribution < 1.29 is 4.79 Å². The molecule has 128 valence electrons. The normalized spacial score (nSPS) is 24.4. The lowest BCUT2D eigenvalue weighted by atomic mass is 9.76. The van der Waals surface area contributed by atoms with Gasteiger partial charge in [-0.1, -0.05) is 12.1 Å². The number of allylic oxidation sites excluding steroid dienone is 2. The van der Waals surface area contributed by atoms with Crippen molar-refractivity contribution in [2.45, 2.75) is 32.6 Å². The Kier molecular flexibility index (Phi) is 3.78. The highest BCUT2D eigenvalue weighted by molar-refractivity contribution is 5.86. The second kappa shape index (κ2) is 5.83. The zero-order valence-corrected chi connectivity index (χ0v) is 14.9. The minimum absolute atomic E-state index is 0.0791. The summed E-state index contributed by atoms with van der Waals surface area (Å²) in [7, 11) is 2.16. The predicted octanol–water partition coefficient (Wildman–Crippen LogP) is 3.13. The molecule has 0 bridgehead atoms. The summed E-state index contributed by atoms with van der Waals surface area (Å²) in [5.74, 6) is 0.981. The predicted molar refractivity (Wildman–Crippen MR) is 97.9 cm³/mol. The van der Waals surface area contributed by atoms with E-state index < -0.39 is 0 Å². The number of fused-ring (bicyclic) bond motifs is 1. The number of nitrogens with zero attached hydrogens (tertiary/aromatic N) is 2. The molecule has 4 nitrogen and oxygen atoms in total. The molecule has 1 aromatic rings. The lowest BCUT2D eigenvalue weighted by molar-refractivity contribution is -0.135. The van der Waals surface area contributed by atoms with Crippen LogP contribution in [0.3, 0.4) is 0 Å². The van der Waals surface area contributed by atoms with Gasteiger partial charge < -0.3 is 15.1 Å². The second-order valence-electron chi connectivity index (χ2n) is 7.27. The van der Waals surface area contributed by atoms with E-state index in [0.717, 1.165) is 39.0 Å². The van der Waals surface area contributed by atoms with E-state index in [2.05, 4.69) is 49.3 Å². The van der Waals surface area contributed by atoms with Crippen molar-refractivity contribution in [3.63, 3.8) is 0 Å². The monoisotopic (exact) mass is 325 g/mol. The van der Waals surface area contributed by atoms with E-state index in [-0.39, 0.29) is 5.92 Å². The van der Waals surface area contributed by atoms with Gasteiger partial charge in [-0.2, -0.15) is 0 Å². The van der Waals surface area contributed by atoms with Gasteiger partial charge >= 0.3 is 0 Å². The van der Waals surface area contributed by atoms with E-state index in [9.17, 15) is 4.79 Å². The Labute approximate surface area is 144 Å². The van der Waals surface area contributed by atoms with Crippen LogP contribution in [0.2, 0.25) is 0 Å². The Hall–Kier alpha value is -1.97. The zero-order valence-electron chi connectivity index (χ0n) is 14.9. The molecular weight excluding hydrogens is 298 g/mol. The van der Waals surface area contributed by atoms with Crippen molar-refractivity contribution in [2.75, 3.05) is 38.5 Å². The van der Waals surface area contributed by atoms with Crippen molar-refractivity contribution in [2.24, 2.45) is 5.92 Å². The molecular formula is C20H27N3O. The molecule has 1 aromatic carbocycles. The number of hydrogen-bond donors (Lipinski definition) is 1. The summed E-state index contributed by atoms with van der Waals surface area (Å²) in [6.45, 7) is 7.63. The summed E-state index contributed by atoms with van der Waals surface area (Å²) in [4.78, 5) is 17.2. The molecule has 4 heteroatoms. The van der Waals surface area contributed by atoms with Crippen LogP contribution in [-0.4, -0.2) is 48.9 Å². The molecule has 0 radical (unpaired) electrons. The van der Waals surface area contributed by atoms with E-state index >= 15 is 0 Å². The molecule has 0 saturated carbocycles. The van der Waals surface area contributed by atoms with E-state index in [0.29, 0.717) is 11.8 Å². The van der Waals surface area contributed by atoms with Crippen LogP contribution in [0.4, 0.5) is 5.69 Å². The first kappa shape index (κ1) is 15.6. The number of carbonyl (C=O) groups is 1. The first-order chi connectivity index (χ1) is 11.6. The molecule has 24 heavy (non-hydrogen) atoms. The smallest absolute Gasteiger partial charge is 0.227 e. The number of carbonyl (C=O) groups excluding carboxylic acids is 1. The van der Waals surface area contributed by atoms with Gasteiger partial charge in [0.15, 0.2) is 0 Å². The first-order valence-electron chi connectivity index (χ1n) is 9.23. The Morgan fingerprint density at radius 3 is 2.83 bits per heavy atom. The van der Waals surface area contributed by atoms with Gasteiger partial charge in [-0.05, 0) is 49.5 Å². The topological polar surface area (TPSA) is 35.6 Å². The minimum atomic E-state index is 0.0791. The number of nitrogens with one attached hydrogen (secondary N) is 1. The number of benzene rings is 1. The molecule has 2 heterocycles. The Balaban J connectivity index is 1.71. The Bertz CT molecular complexity index is 705. The highest BCUT2D eigenvalue weighted by Crippen LogP contribution is 2.49.